The van der Waals surface area contributed by atoms with Crippen LogP contribution in [0.5, 0.6) is 0 Å². The zero-order valence-electron chi connectivity index (χ0n) is 12.2. The molecule has 0 spiro atoms. The topological polar surface area (TPSA) is 49.6 Å². The highest BCUT2D eigenvalue weighted by Gasteiger charge is 2.22. The maximum Gasteiger partial charge on any atom is 0.246 e. The van der Waals surface area contributed by atoms with E-state index in [1.54, 1.807) is 6.08 Å². The molecular formula is C16H23N3O. The highest BCUT2D eigenvalue weighted by Crippen LogP contribution is 2.15. The van der Waals surface area contributed by atoms with Gasteiger partial charge in [-0.1, -0.05) is 12.1 Å². The Morgan fingerprint density at radius 3 is 2.65 bits per heavy atom. The standard InChI is InChI=1S/C16H23N3O/c1-18(2)15-8-10-19(11-9-15)16(20)7-6-13-4-3-5-14(17)12-13/h3-7,12,15H,8-11,17H2,1-2H3/b7-6+. The average molecular weight is 273 g/mol. The van der Waals surface area contributed by atoms with E-state index in [4.69, 9.17) is 5.73 Å². The van der Waals surface area contributed by atoms with Crippen molar-refractivity contribution in [2.75, 3.05) is 32.9 Å². The number of hydrogen-bond acceptors (Lipinski definition) is 3. The van der Waals surface area contributed by atoms with Gasteiger partial charge in [-0.15, -0.1) is 0 Å². The fourth-order valence-electron chi connectivity index (χ4n) is 2.54. The van der Waals surface area contributed by atoms with Gasteiger partial charge in [0.2, 0.25) is 5.91 Å². The molecule has 1 fully saturated rings. The van der Waals surface area contributed by atoms with Crippen LogP contribution in [0, 0.1) is 0 Å². The minimum atomic E-state index is 0.0876. The molecule has 0 atom stereocenters. The first-order valence-electron chi connectivity index (χ1n) is 7.05. The Hall–Kier alpha value is -1.81. The van der Waals surface area contributed by atoms with Gasteiger partial charge in [0, 0.05) is 30.9 Å². The van der Waals surface area contributed by atoms with Crippen LogP contribution in [0.4, 0.5) is 5.69 Å². The molecule has 1 aliphatic heterocycles. The first-order chi connectivity index (χ1) is 9.56. The van der Waals surface area contributed by atoms with Crippen LogP contribution in [0.3, 0.4) is 0 Å². The lowest BCUT2D eigenvalue weighted by atomic mass is 10.0. The molecule has 0 bridgehead atoms. The highest BCUT2D eigenvalue weighted by molar-refractivity contribution is 5.91. The monoisotopic (exact) mass is 273 g/mol. The molecule has 0 saturated carbocycles. The van der Waals surface area contributed by atoms with Gasteiger partial charge in [0.1, 0.15) is 0 Å². The van der Waals surface area contributed by atoms with Crippen molar-refractivity contribution in [1.29, 1.82) is 0 Å². The summed E-state index contributed by atoms with van der Waals surface area (Å²) in [5.74, 6) is 0.0876. The molecular weight excluding hydrogens is 250 g/mol. The van der Waals surface area contributed by atoms with Crippen LogP contribution in [0.15, 0.2) is 30.3 Å². The molecule has 2 N–H and O–H groups in total. The Bertz CT molecular complexity index is 488. The first kappa shape index (κ1) is 14.6. The highest BCUT2D eigenvalue weighted by atomic mass is 16.2. The molecule has 0 aliphatic carbocycles. The summed E-state index contributed by atoms with van der Waals surface area (Å²) >= 11 is 0. The van der Waals surface area contributed by atoms with Crippen LogP contribution in [0.25, 0.3) is 6.08 Å². The number of carbonyl (C=O) groups excluding carboxylic acids is 1. The van der Waals surface area contributed by atoms with Crippen LogP contribution in [0.2, 0.25) is 0 Å². The summed E-state index contributed by atoms with van der Waals surface area (Å²) < 4.78 is 0. The molecule has 1 heterocycles. The fraction of sp³-hybridized carbons (Fsp3) is 0.438. The number of hydrogen-bond donors (Lipinski definition) is 1. The molecule has 0 aromatic heterocycles. The second-order valence-electron chi connectivity index (χ2n) is 5.52. The maximum atomic E-state index is 12.1. The number of anilines is 1. The van der Waals surface area contributed by atoms with E-state index in [9.17, 15) is 4.79 Å². The van der Waals surface area contributed by atoms with Crippen LogP contribution < -0.4 is 5.73 Å². The Kier molecular flexibility index (Phi) is 4.79. The number of nitrogen functional groups attached to an aromatic ring is 1. The van der Waals surface area contributed by atoms with Crippen LogP contribution in [-0.4, -0.2) is 48.9 Å². The normalized spacial score (nSPS) is 17.1. The minimum absolute atomic E-state index is 0.0876. The Labute approximate surface area is 120 Å². The summed E-state index contributed by atoms with van der Waals surface area (Å²) in [5, 5.41) is 0. The van der Waals surface area contributed by atoms with Crippen LogP contribution in [-0.2, 0) is 4.79 Å². The van der Waals surface area contributed by atoms with Crippen molar-refractivity contribution in [3.8, 4) is 0 Å². The molecule has 4 nitrogen and oxygen atoms in total. The van der Waals surface area contributed by atoms with Crippen molar-refractivity contribution in [3.63, 3.8) is 0 Å². The van der Waals surface area contributed by atoms with Gasteiger partial charge in [-0.2, -0.15) is 0 Å². The molecule has 1 aliphatic rings. The second-order valence-corrected chi connectivity index (χ2v) is 5.52. The van der Waals surface area contributed by atoms with Crippen molar-refractivity contribution in [3.05, 3.63) is 35.9 Å². The predicted octanol–water partition coefficient (Wildman–Crippen LogP) is 1.83. The summed E-state index contributed by atoms with van der Waals surface area (Å²) in [4.78, 5) is 16.3. The van der Waals surface area contributed by atoms with E-state index in [-0.39, 0.29) is 5.91 Å². The number of likely N-dealkylation sites (tertiary alicyclic amines) is 1. The lowest BCUT2D eigenvalue weighted by Crippen LogP contribution is -2.43. The van der Waals surface area contributed by atoms with Crippen molar-refractivity contribution in [2.45, 2.75) is 18.9 Å². The van der Waals surface area contributed by atoms with E-state index in [0.29, 0.717) is 11.7 Å². The lowest BCUT2D eigenvalue weighted by Gasteiger charge is -2.34. The van der Waals surface area contributed by atoms with Crippen LogP contribution >= 0.6 is 0 Å². The minimum Gasteiger partial charge on any atom is -0.399 e. The summed E-state index contributed by atoms with van der Waals surface area (Å²) in [5.41, 5.74) is 7.39. The third-order valence-corrected chi connectivity index (χ3v) is 3.84. The number of piperidine rings is 1. The van der Waals surface area contributed by atoms with Gasteiger partial charge in [-0.3, -0.25) is 4.79 Å². The van der Waals surface area contributed by atoms with Gasteiger partial charge in [0.15, 0.2) is 0 Å². The molecule has 20 heavy (non-hydrogen) atoms. The largest absolute Gasteiger partial charge is 0.399 e. The molecule has 4 heteroatoms. The number of nitrogens with two attached hydrogens (primary N) is 1. The van der Waals surface area contributed by atoms with Crippen molar-refractivity contribution < 1.29 is 4.79 Å². The van der Waals surface area contributed by atoms with E-state index < -0.39 is 0 Å². The van der Waals surface area contributed by atoms with Crippen molar-refractivity contribution >= 4 is 17.7 Å². The molecule has 1 aromatic rings. The molecule has 1 aromatic carbocycles. The molecule has 2 rings (SSSR count). The number of benzene rings is 1. The fourth-order valence-corrected chi connectivity index (χ4v) is 2.54. The third-order valence-electron chi connectivity index (χ3n) is 3.84. The SMILES string of the molecule is CN(C)C1CCN(C(=O)/C=C/c2cccc(N)c2)CC1. The molecule has 108 valence electrons. The lowest BCUT2D eigenvalue weighted by molar-refractivity contribution is -0.127. The smallest absolute Gasteiger partial charge is 0.246 e. The van der Waals surface area contributed by atoms with Gasteiger partial charge in [-0.25, -0.2) is 0 Å². The summed E-state index contributed by atoms with van der Waals surface area (Å²) in [7, 11) is 4.20. The molecule has 1 amide bonds. The van der Waals surface area contributed by atoms with Gasteiger partial charge >= 0.3 is 0 Å². The van der Waals surface area contributed by atoms with Crippen molar-refractivity contribution in [2.24, 2.45) is 0 Å². The van der Waals surface area contributed by atoms with Crippen molar-refractivity contribution in [1.82, 2.24) is 9.80 Å². The Morgan fingerprint density at radius 2 is 2.05 bits per heavy atom. The number of rotatable bonds is 3. The van der Waals surface area contributed by atoms with Gasteiger partial charge < -0.3 is 15.5 Å². The molecule has 0 radical (unpaired) electrons. The van der Waals surface area contributed by atoms with Crippen LogP contribution in [0.1, 0.15) is 18.4 Å². The second kappa shape index (κ2) is 6.57. The van der Waals surface area contributed by atoms with Gasteiger partial charge in [0.05, 0.1) is 0 Å². The molecule has 1 saturated heterocycles. The molecule has 0 unspecified atom stereocenters. The Morgan fingerprint density at radius 1 is 1.35 bits per heavy atom. The quantitative estimate of drug-likeness (QED) is 0.675. The van der Waals surface area contributed by atoms with E-state index in [1.807, 2.05) is 35.2 Å². The number of nitrogens with zero attached hydrogens (tertiary/aromatic N) is 2. The first-order valence-corrected chi connectivity index (χ1v) is 7.05. The van der Waals surface area contributed by atoms with Gasteiger partial charge in [-0.05, 0) is 50.7 Å². The van der Waals surface area contributed by atoms with E-state index in [0.717, 1.165) is 31.5 Å². The third kappa shape index (κ3) is 3.84. The average Bonchev–Trinajstić information content (AvgIpc) is 2.45. The maximum absolute atomic E-state index is 12.1. The summed E-state index contributed by atoms with van der Waals surface area (Å²) in [6.45, 7) is 1.67. The number of carbonyl (C=O) groups is 1. The Balaban J connectivity index is 1.90. The van der Waals surface area contributed by atoms with Gasteiger partial charge in [0.25, 0.3) is 0 Å². The predicted molar refractivity (Wildman–Crippen MR) is 83.2 cm³/mol. The zero-order chi connectivity index (χ0) is 14.5. The number of amides is 1. The summed E-state index contributed by atoms with van der Waals surface area (Å²) in [6, 6.07) is 8.13. The van der Waals surface area contributed by atoms with E-state index >= 15 is 0 Å². The zero-order valence-corrected chi connectivity index (χ0v) is 12.2. The summed E-state index contributed by atoms with van der Waals surface area (Å²) in [6.07, 6.45) is 5.57. The van der Waals surface area contributed by atoms with E-state index in [1.165, 1.54) is 0 Å². The van der Waals surface area contributed by atoms with E-state index in [2.05, 4.69) is 19.0 Å².